The van der Waals surface area contributed by atoms with Gasteiger partial charge in [0.15, 0.2) is 0 Å². The van der Waals surface area contributed by atoms with Crippen molar-refractivity contribution in [1.29, 1.82) is 0 Å². The second-order valence-corrected chi connectivity index (χ2v) is 6.35. The summed E-state index contributed by atoms with van der Waals surface area (Å²) in [6.45, 7) is 2.48. The lowest BCUT2D eigenvalue weighted by Crippen LogP contribution is -2.28. The second kappa shape index (κ2) is 9.77. The number of hydrogen-bond donors (Lipinski definition) is 2. The van der Waals surface area contributed by atoms with E-state index >= 15 is 0 Å². The minimum Gasteiger partial charge on any atom is -0.399 e. The highest BCUT2D eigenvalue weighted by Crippen LogP contribution is 2.30. The van der Waals surface area contributed by atoms with Crippen molar-refractivity contribution in [2.75, 3.05) is 12.3 Å². The highest BCUT2D eigenvalue weighted by atomic mass is 35.5. The molecule has 0 saturated heterocycles. The standard InChI is InChI=1S/C18H20Cl2N2O.ClH/c1-12(18-14(19)6-4-7-15(18)20)11-22-17(23)10-9-13-5-2-3-8-16(13)21;/h2-8,12H,9-11,21H2,1H3,(H,22,23);1H. The molecule has 130 valence electrons. The highest BCUT2D eigenvalue weighted by molar-refractivity contribution is 6.36. The quantitative estimate of drug-likeness (QED) is 0.696. The lowest BCUT2D eigenvalue weighted by molar-refractivity contribution is -0.121. The third kappa shape index (κ3) is 5.59. The molecule has 1 unspecified atom stereocenters. The van der Waals surface area contributed by atoms with Gasteiger partial charge in [-0.15, -0.1) is 12.4 Å². The van der Waals surface area contributed by atoms with Crippen LogP contribution in [0.3, 0.4) is 0 Å². The Hall–Kier alpha value is -1.42. The summed E-state index contributed by atoms with van der Waals surface area (Å²) in [6, 6.07) is 13.0. The van der Waals surface area contributed by atoms with Crippen molar-refractivity contribution < 1.29 is 4.79 Å². The fourth-order valence-electron chi connectivity index (χ4n) is 2.45. The van der Waals surface area contributed by atoms with Crippen LogP contribution in [-0.2, 0) is 11.2 Å². The summed E-state index contributed by atoms with van der Waals surface area (Å²) in [5.41, 5.74) is 8.45. The minimum absolute atomic E-state index is 0. The average Bonchev–Trinajstić information content (AvgIpc) is 2.52. The van der Waals surface area contributed by atoms with Gasteiger partial charge in [-0.3, -0.25) is 4.79 Å². The van der Waals surface area contributed by atoms with Crippen LogP contribution >= 0.6 is 35.6 Å². The number of rotatable bonds is 6. The molecule has 0 aliphatic heterocycles. The molecule has 0 aromatic heterocycles. The van der Waals surface area contributed by atoms with Gasteiger partial charge in [0.1, 0.15) is 0 Å². The van der Waals surface area contributed by atoms with Crippen molar-refractivity contribution in [3.63, 3.8) is 0 Å². The van der Waals surface area contributed by atoms with Crippen LogP contribution in [0.4, 0.5) is 5.69 Å². The molecule has 1 atom stereocenters. The normalized spacial score (nSPS) is 11.5. The molecule has 0 heterocycles. The van der Waals surface area contributed by atoms with E-state index in [4.69, 9.17) is 28.9 Å². The zero-order chi connectivity index (χ0) is 16.8. The van der Waals surface area contributed by atoms with Crippen LogP contribution in [-0.4, -0.2) is 12.5 Å². The summed E-state index contributed by atoms with van der Waals surface area (Å²) in [7, 11) is 0. The number of nitrogens with two attached hydrogens (primary N) is 1. The molecule has 24 heavy (non-hydrogen) atoms. The number of nitrogens with one attached hydrogen (secondary N) is 1. The summed E-state index contributed by atoms with van der Waals surface area (Å²) in [5, 5.41) is 4.17. The van der Waals surface area contributed by atoms with Crippen molar-refractivity contribution >= 4 is 47.2 Å². The highest BCUT2D eigenvalue weighted by Gasteiger charge is 2.14. The maximum absolute atomic E-state index is 12.0. The van der Waals surface area contributed by atoms with Crippen LogP contribution in [0.2, 0.25) is 10.0 Å². The molecular formula is C18H21Cl3N2O. The third-order valence-electron chi connectivity index (χ3n) is 3.77. The van der Waals surface area contributed by atoms with Gasteiger partial charge in [0.05, 0.1) is 0 Å². The molecule has 0 bridgehead atoms. The topological polar surface area (TPSA) is 55.1 Å². The van der Waals surface area contributed by atoms with Crippen LogP contribution in [0.1, 0.15) is 30.4 Å². The SMILES string of the molecule is CC(CNC(=O)CCc1ccccc1N)c1c(Cl)cccc1Cl.Cl. The first-order valence-electron chi connectivity index (χ1n) is 7.53. The molecule has 0 radical (unpaired) electrons. The van der Waals surface area contributed by atoms with Gasteiger partial charge in [0.2, 0.25) is 5.91 Å². The number of para-hydroxylation sites is 1. The maximum Gasteiger partial charge on any atom is 0.220 e. The Morgan fingerprint density at radius 3 is 2.38 bits per heavy atom. The number of hydrogen-bond acceptors (Lipinski definition) is 2. The summed E-state index contributed by atoms with van der Waals surface area (Å²) in [4.78, 5) is 12.0. The second-order valence-electron chi connectivity index (χ2n) is 5.54. The van der Waals surface area contributed by atoms with Crippen molar-refractivity contribution in [2.24, 2.45) is 0 Å². The molecule has 0 spiro atoms. The smallest absolute Gasteiger partial charge is 0.220 e. The van der Waals surface area contributed by atoms with E-state index < -0.39 is 0 Å². The van der Waals surface area contributed by atoms with Gasteiger partial charge in [0, 0.05) is 34.6 Å². The Labute approximate surface area is 158 Å². The van der Waals surface area contributed by atoms with Gasteiger partial charge in [0.25, 0.3) is 0 Å². The number of carbonyl (C=O) groups is 1. The van der Waals surface area contributed by atoms with Gasteiger partial charge < -0.3 is 11.1 Å². The fourth-order valence-corrected chi connectivity index (χ4v) is 3.22. The number of halogens is 3. The largest absolute Gasteiger partial charge is 0.399 e. The van der Waals surface area contributed by atoms with Crippen LogP contribution < -0.4 is 11.1 Å². The Morgan fingerprint density at radius 2 is 1.75 bits per heavy atom. The number of nitrogen functional groups attached to an aromatic ring is 1. The number of benzene rings is 2. The zero-order valence-corrected chi connectivity index (χ0v) is 15.7. The Kier molecular flexibility index (Phi) is 8.40. The molecule has 2 rings (SSSR count). The van der Waals surface area contributed by atoms with Gasteiger partial charge in [-0.25, -0.2) is 0 Å². The van der Waals surface area contributed by atoms with Gasteiger partial charge >= 0.3 is 0 Å². The van der Waals surface area contributed by atoms with Crippen LogP contribution in [0.15, 0.2) is 42.5 Å². The van der Waals surface area contributed by atoms with E-state index in [1.165, 1.54) is 0 Å². The van der Waals surface area contributed by atoms with E-state index in [1.807, 2.05) is 37.3 Å². The predicted molar refractivity (Wildman–Crippen MR) is 104 cm³/mol. The van der Waals surface area contributed by atoms with E-state index in [1.54, 1.807) is 12.1 Å². The first-order chi connectivity index (χ1) is 11.0. The first-order valence-corrected chi connectivity index (χ1v) is 8.28. The zero-order valence-electron chi connectivity index (χ0n) is 13.4. The van der Waals surface area contributed by atoms with E-state index in [-0.39, 0.29) is 24.2 Å². The van der Waals surface area contributed by atoms with Crippen molar-refractivity contribution in [3.05, 3.63) is 63.6 Å². The molecule has 6 heteroatoms. The van der Waals surface area contributed by atoms with Gasteiger partial charge in [-0.2, -0.15) is 0 Å². The van der Waals surface area contributed by atoms with Crippen molar-refractivity contribution in [1.82, 2.24) is 5.32 Å². The summed E-state index contributed by atoms with van der Waals surface area (Å²) in [5.74, 6) is 0.0326. The Morgan fingerprint density at radius 1 is 1.12 bits per heavy atom. The molecule has 3 nitrogen and oxygen atoms in total. The van der Waals surface area contributed by atoms with Gasteiger partial charge in [-0.1, -0.05) is 54.4 Å². The number of carbonyl (C=O) groups excluding carboxylic acids is 1. The molecule has 2 aromatic carbocycles. The lowest BCUT2D eigenvalue weighted by Gasteiger charge is -2.16. The molecule has 3 N–H and O–H groups in total. The number of aryl methyl sites for hydroxylation is 1. The Balaban J connectivity index is 0.00000288. The summed E-state index contributed by atoms with van der Waals surface area (Å²) >= 11 is 12.4. The fraction of sp³-hybridized carbons (Fsp3) is 0.278. The van der Waals surface area contributed by atoms with E-state index in [2.05, 4.69) is 5.32 Å². The lowest BCUT2D eigenvalue weighted by atomic mass is 10.0. The average molecular weight is 388 g/mol. The van der Waals surface area contributed by atoms with E-state index in [0.29, 0.717) is 29.4 Å². The van der Waals surface area contributed by atoms with Gasteiger partial charge in [-0.05, 0) is 35.7 Å². The number of anilines is 1. The van der Waals surface area contributed by atoms with Crippen molar-refractivity contribution in [2.45, 2.75) is 25.7 Å². The minimum atomic E-state index is -0.0109. The summed E-state index contributed by atoms with van der Waals surface area (Å²) < 4.78 is 0. The number of amides is 1. The molecular weight excluding hydrogens is 367 g/mol. The van der Waals surface area contributed by atoms with Crippen LogP contribution in [0.25, 0.3) is 0 Å². The van der Waals surface area contributed by atoms with Crippen LogP contribution in [0.5, 0.6) is 0 Å². The molecule has 0 saturated carbocycles. The Bertz CT molecular complexity index is 671. The molecule has 2 aromatic rings. The van der Waals surface area contributed by atoms with E-state index in [0.717, 1.165) is 16.8 Å². The predicted octanol–water partition coefficient (Wildman–Crippen LogP) is 4.85. The molecule has 0 aliphatic carbocycles. The first kappa shape index (κ1) is 20.6. The van der Waals surface area contributed by atoms with E-state index in [9.17, 15) is 4.79 Å². The third-order valence-corrected chi connectivity index (χ3v) is 4.43. The van der Waals surface area contributed by atoms with Crippen molar-refractivity contribution in [3.8, 4) is 0 Å². The monoisotopic (exact) mass is 386 g/mol. The summed E-state index contributed by atoms with van der Waals surface area (Å²) in [6.07, 6.45) is 1.02. The molecule has 1 amide bonds. The van der Waals surface area contributed by atoms with Crippen LogP contribution in [0, 0.1) is 0 Å². The molecule has 0 aliphatic rings. The molecule has 0 fully saturated rings. The maximum atomic E-state index is 12.0.